The molecule has 0 unspecified atom stereocenters. The molecule has 0 bridgehead atoms. The van der Waals surface area contributed by atoms with Gasteiger partial charge in [0.15, 0.2) is 0 Å². The largest absolute Gasteiger partial charge is 0.383 e. The molecule has 0 aliphatic carbocycles. The first kappa shape index (κ1) is 13.4. The Hall–Kier alpha value is -2.08. The summed E-state index contributed by atoms with van der Waals surface area (Å²) in [5.41, 5.74) is 2.47. The lowest BCUT2D eigenvalue weighted by molar-refractivity contribution is 0.685. The molecule has 3 nitrogen and oxygen atoms in total. The number of pyridine rings is 1. The lowest BCUT2D eigenvalue weighted by Crippen LogP contribution is -2.04. The van der Waals surface area contributed by atoms with Crippen molar-refractivity contribution in [2.24, 2.45) is 0 Å². The number of hydrogen-bond donors (Lipinski definition) is 1. The average molecular weight is 253 g/mol. The summed E-state index contributed by atoms with van der Waals surface area (Å²) in [4.78, 5) is 4.31. The van der Waals surface area contributed by atoms with E-state index in [9.17, 15) is 5.26 Å². The average Bonchev–Trinajstić information content (AvgIpc) is 2.47. The Kier molecular flexibility index (Phi) is 4.74. The third-order valence-electron chi connectivity index (χ3n) is 3.23. The molecule has 0 aliphatic rings. The molecule has 2 rings (SSSR count). The highest BCUT2D eigenvalue weighted by Gasteiger charge is 2.07. The van der Waals surface area contributed by atoms with Gasteiger partial charge in [-0.25, -0.2) is 0 Å². The maximum Gasteiger partial charge on any atom is 0.103 e. The van der Waals surface area contributed by atoms with Crippen molar-refractivity contribution in [2.75, 3.05) is 11.9 Å². The summed E-state index contributed by atoms with van der Waals surface area (Å²) >= 11 is 0. The third kappa shape index (κ3) is 3.23. The zero-order chi connectivity index (χ0) is 13.5. The summed E-state index contributed by atoms with van der Waals surface area (Å²) in [5.74, 6) is 0. The summed E-state index contributed by atoms with van der Waals surface area (Å²) in [5, 5.41) is 13.6. The number of fused-ring (bicyclic) bond motifs is 1. The lowest BCUT2D eigenvalue weighted by atomic mass is 10.1. The molecule has 1 aromatic heterocycles. The number of benzene rings is 1. The predicted octanol–water partition coefficient (Wildman–Crippen LogP) is 4.10. The zero-order valence-corrected chi connectivity index (χ0v) is 11.3. The van der Waals surface area contributed by atoms with Crippen LogP contribution in [0.1, 0.15) is 38.2 Å². The van der Waals surface area contributed by atoms with Crippen molar-refractivity contribution in [1.82, 2.24) is 4.98 Å². The van der Waals surface area contributed by atoms with Crippen molar-refractivity contribution in [1.29, 1.82) is 5.26 Å². The minimum atomic E-state index is 0.620. The molecule has 0 atom stereocenters. The summed E-state index contributed by atoms with van der Waals surface area (Å²) in [7, 11) is 0. The third-order valence-corrected chi connectivity index (χ3v) is 3.23. The number of rotatable bonds is 6. The van der Waals surface area contributed by atoms with Gasteiger partial charge in [-0.05, 0) is 12.5 Å². The molecule has 1 N–H and O–H groups in total. The highest BCUT2D eigenvalue weighted by molar-refractivity contribution is 5.93. The maximum absolute atomic E-state index is 9.19. The van der Waals surface area contributed by atoms with Crippen LogP contribution in [0.3, 0.4) is 0 Å². The minimum Gasteiger partial charge on any atom is -0.383 e. The van der Waals surface area contributed by atoms with E-state index in [1.54, 1.807) is 6.20 Å². The van der Waals surface area contributed by atoms with E-state index >= 15 is 0 Å². The number of aromatic nitrogens is 1. The maximum atomic E-state index is 9.19. The molecule has 19 heavy (non-hydrogen) atoms. The summed E-state index contributed by atoms with van der Waals surface area (Å²) in [6.45, 7) is 3.11. The van der Waals surface area contributed by atoms with E-state index in [2.05, 4.69) is 23.3 Å². The fourth-order valence-electron chi connectivity index (χ4n) is 2.18. The molecule has 1 aromatic carbocycles. The van der Waals surface area contributed by atoms with Gasteiger partial charge in [0, 0.05) is 18.1 Å². The number of nitrogens with one attached hydrogen (secondary N) is 1. The fraction of sp³-hybridized carbons (Fsp3) is 0.375. The van der Waals surface area contributed by atoms with Crippen LogP contribution in [0.5, 0.6) is 0 Å². The number of nitrogens with zero attached hydrogens (tertiary/aromatic N) is 2. The van der Waals surface area contributed by atoms with E-state index in [-0.39, 0.29) is 0 Å². The van der Waals surface area contributed by atoms with Gasteiger partial charge in [0.1, 0.15) is 6.07 Å². The summed E-state index contributed by atoms with van der Waals surface area (Å²) < 4.78 is 0. The SMILES string of the molecule is CCCCCCNc1c(C#N)cnc2ccccc12. The first-order chi connectivity index (χ1) is 9.36. The number of anilines is 1. The van der Waals surface area contributed by atoms with Crippen LogP contribution in [0.2, 0.25) is 0 Å². The van der Waals surface area contributed by atoms with Gasteiger partial charge < -0.3 is 5.32 Å². The Labute approximate surface area is 114 Å². The van der Waals surface area contributed by atoms with E-state index < -0.39 is 0 Å². The number of para-hydroxylation sites is 1. The monoisotopic (exact) mass is 253 g/mol. The van der Waals surface area contributed by atoms with Crippen molar-refractivity contribution in [3.8, 4) is 6.07 Å². The summed E-state index contributed by atoms with van der Waals surface area (Å²) in [6.07, 6.45) is 6.52. The second-order valence-corrected chi connectivity index (χ2v) is 4.66. The van der Waals surface area contributed by atoms with E-state index in [0.29, 0.717) is 5.56 Å². The van der Waals surface area contributed by atoms with Gasteiger partial charge in [-0.2, -0.15) is 5.26 Å². The van der Waals surface area contributed by atoms with Crippen LogP contribution >= 0.6 is 0 Å². The van der Waals surface area contributed by atoms with Crippen molar-refractivity contribution < 1.29 is 0 Å². The molecule has 0 aliphatic heterocycles. The Morgan fingerprint density at radius 2 is 2.05 bits per heavy atom. The number of hydrogen-bond acceptors (Lipinski definition) is 3. The van der Waals surface area contributed by atoms with Crippen molar-refractivity contribution in [2.45, 2.75) is 32.6 Å². The van der Waals surface area contributed by atoms with Gasteiger partial charge in [0.25, 0.3) is 0 Å². The van der Waals surface area contributed by atoms with Crippen LogP contribution in [-0.2, 0) is 0 Å². The van der Waals surface area contributed by atoms with Gasteiger partial charge in [-0.3, -0.25) is 4.98 Å². The van der Waals surface area contributed by atoms with Crippen molar-refractivity contribution in [3.05, 3.63) is 36.0 Å². The predicted molar refractivity (Wildman–Crippen MR) is 79.1 cm³/mol. The van der Waals surface area contributed by atoms with Crippen LogP contribution in [-0.4, -0.2) is 11.5 Å². The molecule has 2 aromatic rings. The smallest absolute Gasteiger partial charge is 0.103 e. The highest BCUT2D eigenvalue weighted by atomic mass is 14.9. The zero-order valence-electron chi connectivity index (χ0n) is 11.3. The number of nitriles is 1. The first-order valence-electron chi connectivity index (χ1n) is 6.88. The molecule has 3 heteroatoms. The Balaban J connectivity index is 2.17. The molecule has 0 amide bonds. The molecular weight excluding hydrogens is 234 g/mol. The van der Waals surface area contributed by atoms with Gasteiger partial charge >= 0.3 is 0 Å². The van der Waals surface area contributed by atoms with Crippen LogP contribution < -0.4 is 5.32 Å². The fourth-order valence-corrected chi connectivity index (χ4v) is 2.18. The van der Waals surface area contributed by atoms with Gasteiger partial charge in [-0.15, -0.1) is 0 Å². The topological polar surface area (TPSA) is 48.7 Å². The molecule has 0 saturated carbocycles. The second-order valence-electron chi connectivity index (χ2n) is 4.66. The standard InChI is InChI=1S/C16H19N3/c1-2-3-4-7-10-18-16-13(11-17)12-19-15-9-6-5-8-14(15)16/h5-6,8-9,12H,2-4,7,10H2,1H3,(H,18,19). The Morgan fingerprint density at radius 3 is 2.84 bits per heavy atom. The van der Waals surface area contributed by atoms with E-state index in [4.69, 9.17) is 0 Å². The molecule has 0 radical (unpaired) electrons. The molecule has 1 heterocycles. The Bertz CT molecular complexity index is 584. The highest BCUT2D eigenvalue weighted by Crippen LogP contribution is 2.25. The molecule has 0 fully saturated rings. The van der Waals surface area contributed by atoms with E-state index in [1.165, 1.54) is 19.3 Å². The van der Waals surface area contributed by atoms with Gasteiger partial charge in [0.05, 0.1) is 16.8 Å². The van der Waals surface area contributed by atoms with E-state index in [1.807, 2.05) is 24.3 Å². The van der Waals surface area contributed by atoms with Gasteiger partial charge in [-0.1, -0.05) is 44.4 Å². The molecular formula is C16H19N3. The van der Waals surface area contributed by atoms with Crippen LogP contribution in [0, 0.1) is 11.3 Å². The summed E-state index contributed by atoms with van der Waals surface area (Å²) in [6, 6.07) is 10.1. The second kappa shape index (κ2) is 6.75. The van der Waals surface area contributed by atoms with Crippen molar-refractivity contribution >= 4 is 16.6 Å². The first-order valence-corrected chi connectivity index (χ1v) is 6.88. The van der Waals surface area contributed by atoms with Crippen LogP contribution in [0.15, 0.2) is 30.5 Å². The Morgan fingerprint density at radius 1 is 1.21 bits per heavy atom. The molecule has 0 saturated heterocycles. The molecule has 0 spiro atoms. The van der Waals surface area contributed by atoms with Crippen LogP contribution in [0.4, 0.5) is 5.69 Å². The lowest BCUT2D eigenvalue weighted by Gasteiger charge is -2.11. The molecule has 98 valence electrons. The number of unbranched alkanes of at least 4 members (excludes halogenated alkanes) is 3. The normalized spacial score (nSPS) is 10.3. The van der Waals surface area contributed by atoms with Crippen molar-refractivity contribution in [3.63, 3.8) is 0 Å². The van der Waals surface area contributed by atoms with Gasteiger partial charge in [0.2, 0.25) is 0 Å². The van der Waals surface area contributed by atoms with Crippen LogP contribution in [0.25, 0.3) is 10.9 Å². The minimum absolute atomic E-state index is 0.620. The quantitative estimate of drug-likeness (QED) is 0.788. The van der Waals surface area contributed by atoms with E-state index in [0.717, 1.165) is 29.6 Å².